The van der Waals surface area contributed by atoms with E-state index in [1.165, 1.54) is 0 Å². The minimum atomic E-state index is -0.573. The summed E-state index contributed by atoms with van der Waals surface area (Å²) in [7, 11) is 0. The van der Waals surface area contributed by atoms with Crippen LogP contribution in [-0.4, -0.2) is 19.7 Å². The lowest BCUT2D eigenvalue weighted by atomic mass is 10.1. The molecule has 2 rings (SSSR count). The quantitative estimate of drug-likeness (QED) is 0.792. The fourth-order valence-electron chi connectivity index (χ4n) is 1.12. The van der Waals surface area contributed by atoms with Gasteiger partial charge >= 0.3 is 0 Å². The maximum atomic E-state index is 5.84. The fraction of sp³-hybridized carbons (Fsp3) is 0.444. The minimum absolute atomic E-state index is 0.512. The van der Waals surface area contributed by atoms with E-state index >= 15 is 0 Å². The Hall–Kier alpha value is -1.69. The van der Waals surface area contributed by atoms with Crippen LogP contribution in [0.4, 0.5) is 0 Å². The normalized spacial score (nSPS) is 11.9. The summed E-state index contributed by atoms with van der Waals surface area (Å²) in [5.74, 6) is 1.04. The third-order valence-corrected chi connectivity index (χ3v) is 1.92. The Morgan fingerprint density at radius 3 is 2.87 bits per heavy atom. The second kappa shape index (κ2) is 3.47. The van der Waals surface area contributed by atoms with Crippen LogP contribution in [0, 0.1) is 0 Å². The molecule has 80 valence electrons. The summed E-state index contributed by atoms with van der Waals surface area (Å²) < 4.78 is 6.92. The van der Waals surface area contributed by atoms with Crippen LogP contribution in [0.2, 0.25) is 0 Å². The molecule has 2 aromatic rings. The van der Waals surface area contributed by atoms with Gasteiger partial charge in [0.2, 0.25) is 5.89 Å². The van der Waals surface area contributed by atoms with E-state index in [1.54, 1.807) is 12.5 Å². The molecule has 0 radical (unpaired) electrons. The standard InChI is InChI=1S/C9H13N5O/c1-9(2,10)8-12-7(15-13-8)5-14-4-3-11-6-14/h3-4,6H,5,10H2,1-2H3. The Bertz CT molecular complexity index is 426. The molecule has 0 aromatic carbocycles. The Balaban J connectivity index is 2.15. The highest BCUT2D eigenvalue weighted by molar-refractivity contribution is 4.99. The van der Waals surface area contributed by atoms with E-state index in [1.807, 2.05) is 24.6 Å². The van der Waals surface area contributed by atoms with Gasteiger partial charge in [0.05, 0.1) is 11.9 Å². The van der Waals surface area contributed by atoms with Gasteiger partial charge in [-0.25, -0.2) is 4.98 Å². The Labute approximate surface area is 87.1 Å². The van der Waals surface area contributed by atoms with E-state index in [2.05, 4.69) is 15.1 Å². The molecule has 2 aromatic heterocycles. The van der Waals surface area contributed by atoms with Gasteiger partial charge < -0.3 is 14.8 Å². The molecule has 0 saturated heterocycles. The van der Waals surface area contributed by atoms with E-state index in [0.717, 1.165) is 0 Å². The molecular weight excluding hydrogens is 194 g/mol. The van der Waals surface area contributed by atoms with Crippen molar-refractivity contribution in [3.05, 3.63) is 30.4 Å². The zero-order valence-electron chi connectivity index (χ0n) is 8.71. The van der Waals surface area contributed by atoms with Crippen LogP contribution in [0.1, 0.15) is 25.6 Å². The highest BCUT2D eigenvalue weighted by Crippen LogP contribution is 2.12. The molecule has 0 aliphatic rings. The predicted octanol–water partition coefficient (Wildman–Crippen LogP) is 0.508. The van der Waals surface area contributed by atoms with Crippen molar-refractivity contribution >= 4 is 0 Å². The third kappa shape index (κ3) is 2.21. The first-order valence-corrected chi connectivity index (χ1v) is 4.63. The number of hydrogen-bond donors (Lipinski definition) is 1. The average Bonchev–Trinajstić information content (AvgIpc) is 2.73. The molecule has 2 heterocycles. The van der Waals surface area contributed by atoms with Crippen LogP contribution >= 0.6 is 0 Å². The third-order valence-electron chi connectivity index (χ3n) is 1.92. The van der Waals surface area contributed by atoms with Crippen LogP contribution in [0.5, 0.6) is 0 Å². The van der Waals surface area contributed by atoms with E-state index < -0.39 is 5.54 Å². The number of hydrogen-bond acceptors (Lipinski definition) is 5. The second-order valence-electron chi connectivity index (χ2n) is 3.97. The van der Waals surface area contributed by atoms with Gasteiger partial charge in [0.25, 0.3) is 0 Å². The molecule has 0 amide bonds. The van der Waals surface area contributed by atoms with Gasteiger partial charge in [-0.2, -0.15) is 4.98 Å². The smallest absolute Gasteiger partial charge is 0.246 e. The van der Waals surface area contributed by atoms with E-state index in [9.17, 15) is 0 Å². The molecule has 0 saturated carbocycles. The fourth-order valence-corrected chi connectivity index (χ4v) is 1.12. The van der Waals surface area contributed by atoms with Crippen molar-refractivity contribution in [1.29, 1.82) is 0 Å². The molecule has 6 nitrogen and oxygen atoms in total. The van der Waals surface area contributed by atoms with Crippen LogP contribution in [0.25, 0.3) is 0 Å². The molecule has 0 spiro atoms. The van der Waals surface area contributed by atoms with Gasteiger partial charge in [-0.15, -0.1) is 0 Å². The Morgan fingerprint density at radius 1 is 1.53 bits per heavy atom. The molecule has 15 heavy (non-hydrogen) atoms. The molecular formula is C9H13N5O. The molecule has 6 heteroatoms. The number of rotatable bonds is 3. The number of nitrogens with two attached hydrogens (primary N) is 1. The van der Waals surface area contributed by atoms with E-state index in [4.69, 9.17) is 10.3 Å². The predicted molar refractivity (Wildman–Crippen MR) is 52.8 cm³/mol. The number of imidazole rings is 1. The zero-order valence-corrected chi connectivity index (χ0v) is 8.71. The van der Waals surface area contributed by atoms with Gasteiger partial charge in [-0.05, 0) is 13.8 Å². The van der Waals surface area contributed by atoms with Gasteiger partial charge in [0, 0.05) is 12.4 Å². The summed E-state index contributed by atoms with van der Waals surface area (Å²) in [6.45, 7) is 4.18. The summed E-state index contributed by atoms with van der Waals surface area (Å²) in [6, 6.07) is 0. The first-order chi connectivity index (χ1) is 7.05. The zero-order chi connectivity index (χ0) is 10.9. The van der Waals surface area contributed by atoms with Crippen molar-refractivity contribution in [2.75, 3.05) is 0 Å². The van der Waals surface area contributed by atoms with Crippen molar-refractivity contribution in [3.8, 4) is 0 Å². The minimum Gasteiger partial charge on any atom is -0.337 e. The van der Waals surface area contributed by atoms with E-state index in [0.29, 0.717) is 18.3 Å². The van der Waals surface area contributed by atoms with Gasteiger partial charge in [0.1, 0.15) is 6.54 Å². The van der Waals surface area contributed by atoms with Crippen molar-refractivity contribution in [2.45, 2.75) is 25.9 Å². The van der Waals surface area contributed by atoms with E-state index in [-0.39, 0.29) is 0 Å². The summed E-state index contributed by atoms with van der Waals surface area (Å²) in [6.07, 6.45) is 5.22. The summed E-state index contributed by atoms with van der Waals surface area (Å²) in [5.41, 5.74) is 5.27. The first-order valence-electron chi connectivity index (χ1n) is 4.63. The molecule has 2 N–H and O–H groups in total. The second-order valence-corrected chi connectivity index (χ2v) is 3.97. The van der Waals surface area contributed by atoms with Gasteiger partial charge in [0.15, 0.2) is 5.82 Å². The van der Waals surface area contributed by atoms with Gasteiger partial charge in [-0.3, -0.25) is 0 Å². The monoisotopic (exact) mass is 207 g/mol. The lowest BCUT2D eigenvalue weighted by Gasteiger charge is -2.11. The molecule has 0 bridgehead atoms. The summed E-state index contributed by atoms with van der Waals surface area (Å²) in [4.78, 5) is 8.13. The number of nitrogens with zero attached hydrogens (tertiary/aromatic N) is 4. The maximum absolute atomic E-state index is 5.84. The molecule has 0 aliphatic carbocycles. The summed E-state index contributed by atoms with van der Waals surface area (Å²) >= 11 is 0. The maximum Gasteiger partial charge on any atom is 0.246 e. The van der Waals surface area contributed by atoms with Crippen molar-refractivity contribution in [2.24, 2.45) is 5.73 Å². The highest BCUT2D eigenvalue weighted by Gasteiger charge is 2.21. The SMILES string of the molecule is CC(C)(N)c1noc(Cn2ccnc2)n1. The number of aromatic nitrogens is 4. The van der Waals surface area contributed by atoms with Crippen molar-refractivity contribution in [3.63, 3.8) is 0 Å². The lowest BCUT2D eigenvalue weighted by Crippen LogP contribution is -2.30. The molecule has 0 aliphatic heterocycles. The molecule has 0 atom stereocenters. The van der Waals surface area contributed by atoms with Crippen LogP contribution < -0.4 is 5.73 Å². The largest absolute Gasteiger partial charge is 0.337 e. The van der Waals surface area contributed by atoms with Crippen LogP contribution in [0.3, 0.4) is 0 Å². The Morgan fingerprint density at radius 2 is 2.33 bits per heavy atom. The van der Waals surface area contributed by atoms with Crippen molar-refractivity contribution in [1.82, 2.24) is 19.7 Å². The first kappa shape index (κ1) is 9.85. The van der Waals surface area contributed by atoms with Crippen LogP contribution in [-0.2, 0) is 12.1 Å². The molecule has 0 unspecified atom stereocenters. The molecule has 0 fully saturated rings. The summed E-state index contributed by atoms with van der Waals surface area (Å²) in [5, 5.41) is 3.82. The van der Waals surface area contributed by atoms with Gasteiger partial charge in [-0.1, -0.05) is 5.16 Å². The highest BCUT2D eigenvalue weighted by atomic mass is 16.5. The lowest BCUT2D eigenvalue weighted by molar-refractivity contribution is 0.355. The van der Waals surface area contributed by atoms with Crippen molar-refractivity contribution < 1.29 is 4.52 Å². The topological polar surface area (TPSA) is 82.8 Å². The van der Waals surface area contributed by atoms with Crippen LogP contribution in [0.15, 0.2) is 23.2 Å². The average molecular weight is 207 g/mol. The Kier molecular flexibility index (Phi) is 2.28.